The van der Waals surface area contributed by atoms with Gasteiger partial charge in [0.15, 0.2) is 0 Å². The highest BCUT2D eigenvalue weighted by molar-refractivity contribution is 6.44. The first-order chi connectivity index (χ1) is 7.99. The van der Waals surface area contributed by atoms with E-state index in [2.05, 4.69) is 5.32 Å². The quantitative estimate of drug-likeness (QED) is 0.681. The highest BCUT2D eigenvalue weighted by Gasteiger charge is 2.26. The van der Waals surface area contributed by atoms with E-state index in [-0.39, 0.29) is 27.3 Å². The summed E-state index contributed by atoms with van der Waals surface area (Å²) in [6.07, 6.45) is 1.85. The number of nitrogens with one attached hydrogen (secondary N) is 1. The Kier molecular flexibility index (Phi) is 3.22. The summed E-state index contributed by atoms with van der Waals surface area (Å²) in [6, 6.07) is 2.40. The van der Waals surface area contributed by atoms with Gasteiger partial charge in [-0.2, -0.15) is 0 Å². The first kappa shape index (κ1) is 12.1. The van der Waals surface area contributed by atoms with Crippen molar-refractivity contribution in [3.8, 4) is 0 Å². The highest BCUT2D eigenvalue weighted by Crippen LogP contribution is 2.31. The molecule has 1 N–H and O–H groups in total. The number of hydrogen-bond acceptors (Lipinski definition) is 3. The minimum atomic E-state index is -0.615. The third-order valence-corrected chi connectivity index (χ3v) is 3.18. The van der Waals surface area contributed by atoms with Crippen LogP contribution in [0.1, 0.15) is 23.2 Å². The van der Waals surface area contributed by atoms with Crippen LogP contribution >= 0.6 is 23.2 Å². The van der Waals surface area contributed by atoms with E-state index < -0.39 is 10.8 Å². The summed E-state index contributed by atoms with van der Waals surface area (Å²) in [5.74, 6) is -0.428. The van der Waals surface area contributed by atoms with Gasteiger partial charge in [-0.1, -0.05) is 23.2 Å². The van der Waals surface area contributed by atoms with Crippen LogP contribution in [0.4, 0.5) is 5.69 Å². The summed E-state index contributed by atoms with van der Waals surface area (Å²) in [5.41, 5.74) is -0.210. The van der Waals surface area contributed by atoms with Crippen molar-refractivity contribution in [3.05, 3.63) is 37.9 Å². The summed E-state index contributed by atoms with van der Waals surface area (Å²) < 4.78 is 0. The molecule has 0 saturated heterocycles. The summed E-state index contributed by atoms with van der Waals surface area (Å²) >= 11 is 11.6. The Morgan fingerprint density at radius 1 is 1.41 bits per heavy atom. The number of nitrogens with zero attached hydrogens (tertiary/aromatic N) is 1. The van der Waals surface area contributed by atoms with Gasteiger partial charge >= 0.3 is 0 Å². The molecule has 1 aromatic carbocycles. The van der Waals surface area contributed by atoms with E-state index in [1.165, 1.54) is 0 Å². The van der Waals surface area contributed by atoms with Crippen LogP contribution < -0.4 is 5.32 Å². The minimum Gasteiger partial charge on any atom is -0.349 e. The van der Waals surface area contributed by atoms with Gasteiger partial charge in [0.2, 0.25) is 0 Å². The maximum Gasteiger partial charge on any atom is 0.271 e. The van der Waals surface area contributed by atoms with E-state index in [0.29, 0.717) is 0 Å². The second-order valence-corrected chi connectivity index (χ2v) is 4.58. The third kappa shape index (κ3) is 2.68. The molecule has 0 heterocycles. The number of amides is 1. The molecule has 2 rings (SSSR count). The largest absolute Gasteiger partial charge is 0.349 e. The Labute approximate surface area is 107 Å². The van der Waals surface area contributed by atoms with Gasteiger partial charge in [0.05, 0.1) is 20.5 Å². The Hall–Kier alpha value is -1.33. The van der Waals surface area contributed by atoms with Crippen molar-refractivity contribution in [2.24, 2.45) is 0 Å². The molecule has 17 heavy (non-hydrogen) atoms. The molecule has 0 aliphatic heterocycles. The van der Waals surface area contributed by atoms with E-state index in [9.17, 15) is 14.9 Å². The number of rotatable bonds is 3. The number of halogens is 2. The first-order valence-corrected chi connectivity index (χ1v) is 5.69. The lowest BCUT2D eigenvalue weighted by Gasteiger charge is -2.06. The van der Waals surface area contributed by atoms with Crippen LogP contribution in [0.5, 0.6) is 0 Å². The predicted octanol–water partition coefficient (Wildman–Crippen LogP) is 2.79. The Bertz CT molecular complexity index is 501. The summed E-state index contributed by atoms with van der Waals surface area (Å²) in [4.78, 5) is 21.8. The van der Waals surface area contributed by atoms with E-state index >= 15 is 0 Å². The molecule has 1 aromatic rings. The summed E-state index contributed by atoms with van der Waals surface area (Å²) in [5, 5.41) is 13.4. The number of hydrogen-bond donors (Lipinski definition) is 1. The van der Waals surface area contributed by atoms with Crippen LogP contribution in [0.25, 0.3) is 0 Å². The van der Waals surface area contributed by atoms with Gasteiger partial charge in [-0.3, -0.25) is 14.9 Å². The van der Waals surface area contributed by atoms with Gasteiger partial charge in [-0.25, -0.2) is 0 Å². The Balaban J connectivity index is 2.36. The zero-order valence-corrected chi connectivity index (χ0v) is 10.1. The molecule has 0 unspecified atom stereocenters. The van der Waals surface area contributed by atoms with Gasteiger partial charge in [-0.15, -0.1) is 0 Å². The molecule has 7 heteroatoms. The topological polar surface area (TPSA) is 72.2 Å². The van der Waals surface area contributed by atoms with Gasteiger partial charge in [0.1, 0.15) is 0 Å². The maximum atomic E-state index is 11.8. The number of carbonyl (C=O) groups is 1. The van der Waals surface area contributed by atoms with Crippen molar-refractivity contribution in [2.45, 2.75) is 18.9 Å². The fourth-order valence-corrected chi connectivity index (χ4v) is 1.74. The molecular formula is C10H8Cl2N2O3. The molecule has 90 valence electrons. The molecule has 5 nitrogen and oxygen atoms in total. The molecule has 0 bridgehead atoms. The second-order valence-electron chi connectivity index (χ2n) is 3.79. The van der Waals surface area contributed by atoms with Gasteiger partial charge in [-0.05, 0) is 12.8 Å². The molecule has 1 aliphatic carbocycles. The van der Waals surface area contributed by atoms with E-state index in [4.69, 9.17) is 23.2 Å². The fourth-order valence-electron chi connectivity index (χ4n) is 1.34. The molecule has 0 spiro atoms. The highest BCUT2D eigenvalue weighted by atomic mass is 35.5. The van der Waals surface area contributed by atoms with Crippen LogP contribution in [-0.4, -0.2) is 16.9 Å². The zero-order chi connectivity index (χ0) is 12.6. The number of nitro benzene ring substituents is 1. The SMILES string of the molecule is O=C(NC1CC1)c1cc([N+](=O)[O-])cc(Cl)c1Cl. The van der Waals surface area contributed by atoms with Crippen molar-refractivity contribution < 1.29 is 9.72 Å². The number of non-ortho nitro benzene ring substituents is 1. The average Bonchev–Trinajstić information content (AvgIpc) is 3.05. The average molecular weight is 275 g/mol. The van der Waals surface area contributed by atoms with Crippen molar-refractivity contribution in [1.82, 2.24) is 5.32 Å². The standard InChI is InChI=1S/C10H8Cl2N2O3/c11-8-4-6(14(16)17)3-7(9(8)12)10(15)13-5-1-2-5/h3-5H,1-2H2,(H,13,15). The molecule has 0 aromatic heterocycles. The van der Waals surface area contributed by atoms with E-state index in [1.807, 2.05) is 0 Å². The molecule has 0 radical (unpaired) electrons. The van der Waals surface area contributed by atoms with E-state index in [0.717, 1.165) is 25.0 Å². The normalized spacial score (nSPS) is 14.5. The predicted molar refractivity (Wildman–Crippen MR) is 63.6 cm³/mol. The first-order valence-electron chi connectivity index (χ1n) is 4.93. The van der Waals surface area contributed by atoms with Gasteiger partial charge in [0, 0.05) is 18.2 Å². The third-order valence-electron chi connectivity index (χ3n) is 2.38. The lowest BCUT2D eigenvalue weighted by molar-refractivity contribution is -0.384. The smallest absolute Gasteiger partial charge is 0.271 e. The molecule has 1 fully saturated rings. The number of benzene rings is 1. The number of nitro groups is 1. The molecule has 0 atom stereocenters. The van der Waals surface area contributed by atoms with Crippen LogP contribution in [0.2, 0.25) is 10.0 Å². The van der Waals surface area contributed by atoms with Gasteiger partial charge in [0.25, 0.3) is 11.6 Å². The molecule has 1 amide bonds. The van der Waals surface area contributed by atoms with Crippen LogP contribution in [0.3, 0.4) is 0 Å². The molecular weight excluding hydrogens is 267 g/mol. The molecule has 1 aliphatic rings. The molecule has 1 saturated carbocycles. The zero-order valence-electron chi connectivity index (χ0n) is 8.57. The van der Waals surface area contributed by atoms with Crippen LogP contribution in [-0.2, 0) is 0 Å². The lowest BCUT2D eigenvalue weighted by Crippen LogP contribution is -2.25. The van der Waals surface area contributed by atoms with Crippen LogP contribution in [0.15, 0.2) is 12.1 Å². The summed E-state index contributed by atoms with van der Waals surface area (Å²) in [7, 11) is 0. The summed E-state index contributed by atoms with van der Waals surface area (Å²) in [6.45, 7) is 0. The van der Waals surface area contributed by atoms with Gasteiger partial charge < -0.3 is 5.32 Å². The fraction of sp³-hybridized carbons (Fsp3) is 0.300. The minimum absolute atomic E-state index is 0.00168. The lowest BCUT2D eigenvalue weighted by atomic mass is 10.2. The van der Waals surface area contributed by atoms with Crippen molar-refractivity contribution in [1.29, 1.82) is 0 Å². The number of carbonyl (C=O) groups excluding carboxylic acids is 1. The maximum absolute atomic E-state index is 11.8. The Morgan fingerprint density at radius 3 is 2.59 bits per heavy atom. The Morgan fingerprint density at radius 2 is 2.06 bits per heavy atom. The van der Waals surface area contributed by atoms with Crippen molar-refractivity contribution in [3.63, 3.8) is 0 Å². The van der Waals surface area contributed by atoms with Crippen LogP contribution in [0, 0.1) is 10.1 Å². The van der Waals surface area contributed by atoms with Crippen molar-refractivity contribution in [2.75, 3.05) is 0 Å². The second kappa shape index (κ2) is 4.50. The van der Waals surface area contributed by atoms with E-state index in [1.54, 1.807) is 0 Å². The monoisotopic (exact) mass is 274 g/mol. The van der Waals surface area contributed by atoms with Crippen molar-refractivity contribution >= 4 is 34.8 Å².